The zero-order valence-corrected chi connectivity index (χ0v) is 7.19. The molecule has 2 heterocycles. The van der Waals surface area contributed by atoms with Crippen LogP contribution in [0.5, 0.6) is 5.88 Å². The predicted octanol–water partition coefficient (Wildman–Crippen LogP) is 1.48. The van der Waals surface area contributed by atoms with Crippen LogP contribution in [0.4, 0.5) is 0 Å². The number of pyridine rings is 1. The van der Waals surface area contributed by atoms with Gasteiger partial charge < -0.3 is 4.74 Å². The van der Waals surface area contributed by atoms with E-state index in [1.165, 1.54) is 0 Å². The Morgan fingerprint density at radius 3 is 3.00 bits per heavy atom. The Bertz CT molecular complexity index is 383. The molecule has 2 aromatic rings. The highest BCUT2D eigenvalue weighted by molar-refractivity contribution is 5.63. The van der Waals surface area contributed by atoms with Crippen molar-refractivity contribution in [3.05, 3.63) is 30.6 Å². The number of hydrogen-bond donors (Lipinski definition) is 1. The van der Waals surface area contributed by atoms with Crippen LogP contribution in [-0.2, 0) is 0 Å². The number of ether oxygens (including phenoxy) is 1. The SMILES string of the molecule is COc1[nH]ncc1-c1ccccn1. The molecule has 0 saturated carbocycles. The monoisotopic (exact) mass is 175 g/mol. The highest BCUT2D eigenvalue weighted by atomic mass is 16.5. The number of aromatic amines is 1. The molecule has 0 atom stereocenters. The molecule has 0 fully saturated rings. The van der Waals surface area contributed by atoms with Crippen molar-refractivity contribution >= 4 is 0 Å². The smallest absolute Gasteiger partial charge is 0.218 e. The number of methoxy groups -OCH3 is 1. The molecule has 1 N–H and O–H groups in total. The summed E-state index contributed by atoms with van der Waals surface area (Å²) in [6.07, 6.45) is 3.43. The molecule has 0 bridgehead atoms. The van der Waals surface area contributed by atoms with Gasteiger partial charge in [-0.15, -0.1) is 0 Å². The van der Waals surface area contributed by atoms with E-state index in [0.29, 0.717) is 5.88 Å². The molecule has 0 spiro atoms. The predicted molar refractivity (Wildman–Crippen MR) is 48.4 cm³/mol. The van der Waals surface area contributed by atoms with Crippen LogP contribution in [0.3, 0.4) is 0 Å². The molecule has 2 aromatic heterocycles. The maximum Gasteiger partial charge on any atom is 0.218 e. The van der Waals surface area contributed by atoms with Gasteiger partial charge in [0.1, 0.15) is 0 Å². The van der Waals surface area contributed by atoms with Crippen LogP contribution in [-0.4, -0.2) is 22.3 Å². The second-order valence-electron chi connectivity index (χ2n) is 2.53. The first-order valence-corrected chi connectivity index (χ1v) is 3.90. The minimum absolute atomic E-state index is 0.638. The van der Waals surface area contributed by atoms with Crippen LogP contribution in [0.2, 0.25) is 0 Å². The lowest BCUT2D eigenvalue weighted by atomic mass is 10.2. The summed E-state index contributed by atoms with van der Waals surface area (Å²) in [5, 5.41) is 6.62. The van der Waals surface area contributed by atoms with Crippen LogP contribution in [0.15, 0.2) is 30.6 Å². The third kappa shape index (κ3) is 1.38. The Kier molecular flexibility index (Phi) is 1.96. The average molecular weight is 175 g/mol. The van der Waals surface area contributed by atoms with Crippen LogP contribution < -0.4 is 4.74 Å². The van der Waals surface area contributed by atoms with Crippen molar-refractivity contribution in [2.45, 2.75) is 0 Å². The van der Waals surface area contributed by atoms with E-state index in [-0.39, 0.29) is 0 Å². The van der Waals surface area contributed by atoms with Crippen molar-refractivity contribution in [2.24, 2.45) is 0 Å². The molecule has 0 amide bonds. The van der Waals surface area contributed by atoms with Crippen molar-refractivity contribution in [3.63, 3.8) is 0 Å². The fraction of sp³-hybridized carbons (Fsp3) is 0.111. The fourth-order valence-corrected chi connectivity index (χ4v) is 1.13. The summed E-state index contributed by atoms with van der Waals surface area (Å²) in [6.45, 7) is 0. The van der Waals surface area contributed by atoms with E-state index in [2.05, 4.69) is 15.2 Å². The highest BCUT2D eigenvalue weighted by Crippen LogP contribution is 2.24. The Balaban J connectivity index is 2.47. The number of nitrogens with one attached hydrogen (secondary N) is 1. The van der Waals surface area contributed by atoms with Gasteiger partial charge in [-0.1, -0.05) is 6.07 Å². The molecule has 0 unspecified atom stereocenters. The van der Waals surface area contributed by atoms with Gasteiger partial charge in [0, 0.05) is 6.20 Å². The first kappa shape index (κ1) is 7.79. The van der Waals surface area contributed by atoms with Crippen molar-refractivity contribution < 1.29 is 4.74 Å². The summed E-state index contributed by atoms with van der Waals surface area (Å²) >= 11 is 0. The van der Waals surface area contributed by atoms with Gasteiger partial charge in [0.2, 0.25) is 5.88 Å². The largest absolute Gasteiger partial charge is 0.481 e. The summed E-state index contributed by atoms with van der Waals surface area (Å²) < 4.78 is 5.08. The molecule has 0 radical (unpaired) electrons. The maximum absolute atomic E-state index is 5.08. The Hall–Kier alpha value is -1.84. The Labute approximate surface area is 75.6 Å². The zero-order valence-electron chi connectivity index (χ0n) is 7.19. The second-order valence-corrected chi connectivity index (χ2v) is 2.53. The molecule has 66 valence electrons. The van der Waals surface area contributed by atoms with Crippen LogP contribution in [0.25, 0.3) is 11.3 Å². The van der Waals surface area contributed by atoms with E-state index in [9.17, 15) is 0 Å². The van der Waals surface area contributed by atoms with Crippen LogP contribution in [0, 0.1) is 0 Å². The number of aromatic nitrogens is 3. The van der Waals surface area contributed by atoms with E-state index in [1.807, 2.05) is 18.2 Å². The van der Waals surface area contributed by atoms with Gasteiger partial charge in [0.25, 0.3) is 0 Å². The van der Waals surface area contributed by atoms with E-state index in [0.717, 1.165) is 11.3 Å². The first-order valence-electron chi connectivity index (χ1n) is 3.90. The quantitative estimate of drug-likeness (QED) is 0.752. The average Bonchev–Trinajstić information content (AvgIpc) is 2.67. The molecule has 0 aromatic carbocycles. The minimum atomic E-state index is 0.638. The van der Waals surface area contributed by atoms with Gasteiger partial charge in [-0.3, -0.25) is 4.98 Å². The fourth-order valence-electron chi connectivity index (χ4n) is 1.13. The van der Waals surface area contributed by atoms with E-state index in [1.54, 1.807) is 19.5 Å². The third-order valence-electron chi connectivity index (χ3n) is 1.75. The molecule has 4 nitrogen and oxygen atoms in total. The van der Waals surface area contributed by atoms with Crippen molar-refractivity contribution in [2.75, 3.05) is 7.11 Å². The lowest BCUT2D eigenvalue weighted by Gasteiger charge is -1.99. The highest BCUT2D eigenvalue weighted by Gasteiger charge is 2.07. The molecule has 13 heavy (non-hydrogen) atoms. The van der Waals surface area contributed by atoms with Gasteiger partial charge in [-0.05, 0) is 12.1 Å². The molecule has 4 heteroatoms. The molecule has 0 aliphatic rings. The van der Waals surface area contributed by atoms with Crippen molar-refractivity contribution in [1.29, 1.82) is 0 Å². The van der Waals surface area contributed by atoms with Crippen molar-refractivity contribution in [3.8, 4) is 17.1 Å². The maximum atomic E-state index is 5.08. The summed E-state index contributed by atoms with van der Waals surface area (Å²) in [6, 6.07) is 5.71. The third-order valence-corrected chi connectivity index (χ3v) is 1.75. The molecule has 2 rings (SSSR count). The molecular weight excluding hydrogens is 166 g/mol. The summed E-state index contributed by atoms with van der Waals surface area (Å²) in [7, 11) is 1.60. The topological polar surface area (TPSA) is 50.8 Å². The normalized spacial score (nSPS) is 9.92. The second kappa shape index (κ2) is 3.26. The summed E-state index contributed by atoms with van der Waals surface area (Å²) in [5.41, 5.74) is 1.73. The minimum Gasteiger partial charge on any atom is -0.481 e. The van der Waals surface area contributed by atoms with Gasteiger partial charge in [-0.25, -0.2) is 5.10 Å². The summed E-state index contributed by atoms with van der Waals surface area (Å²) in [4.78, 5) is 4.19. The standard InChI is InChI=1S/C9H9N3O/c1-13-9-7(6-11-12-9)8-4-2-3-5-10-8/h2-6H,1H3,(H,11,12). The zero-order chi connectivity index (χ0) is 9.10. The van der Waals surface area contributed by atoms with E-state index >= 15 is 0 Å². The number of hydrogen-bond acceptors (Lipinski definition) is 3. The molecular formula is C9H9N3O. The Morgan fingerprint density at radius 1 is 1.38 bits per heavy atom. The van der Waals surface area contributed by atoms with Gasteiger partial charge >= 0.3 is 0 Å². The first-order chi connectivity index (χ1) is 6.42. The van der Waals surface area contributed by atoms with Crippen molar-refractivity contribution in [1.82, 2.24) is 15.2 Å². The van der Waals surface area contributed by atoms with Gasteiger partial charge in [0.05, 0.1) is 24.6 Å². The number of nitrogens with zero attached hydrogens (tertiary/aromatic N) is 2. The van der Waals surface area contributed by atoms with Gasteiger partial charge in [0.15, 0.2) is 0 Å². The van der Waals surface area contributed by atoms with Crippen LogP contribution >= 0.6 is 0 Å². The van der Waals surface area contributed by atoms with Crippen LogP contribution in [0.1, 0.15) is 0 Å². The number of rotatable bonds is 2. The molecule has 0 aliphatic heterocycles. The molecule has 0 saturated heterocycles. The number of H-pyrrole nitrogens is 1. The molecule has 0 aliphatic carbocycles. The van der Waals surface area contributed by atoms with E-state index in [4.69, 9.17) is 4.74 Å². The lowest BCUT2D eigenvalue weighted by molar-refractivity contribution is 0.398. The van der Waals surface area contributed by atoms with E-state index < -0.39 is 0 Å². The van der Waals surface area contributed by atoms with Gasteiger partial charge in [-0.2, -0.15) is 5.10 Å². The lowest BCUT2D eigenvalue weighted by Crippen LogP contribution is -1.86. The Morgan fingerprint density at radius 2 is 2.31 bits per heavy atom. The summed E-state index contributed by atoms with van der Waals surface area (Å²) in [5.74, 6) is 0.638.